The average Bonchev–Trinajstić information content (AvgIpc) is 3.15. The predicted molar refractivity (Wildman–Crippen MR) is 87.3 cm³/mol. The standard InChI is InChI=1S/C15H15ClN4O2S/c1-15(2,3)13-19-20-14(22-13)23-8-11-17-18-12(21-11)9-4-6-10(16)7-5-9/h4-7H,8H2,1-3H3. The lowest BCUT2D eigenvalue weighted by molar-refractivity contribution is 0.347. The third-order valence-corrected chi connectivity index (χ3v) is 3.98. The van der Waals surface area contributed by atoms with Crippen LogP contribution >= 0.6 is 23.4 Å². The lowest BCUT2D eigenvalue weighted by atomic mass is 9.97. The molecule has 0 aliphatic rings. The first-order chi connectivity index (χ1) is 10.9. The molecule has 0 radical (unpaired) electrons. The summed E-state index contributed by atoms with van der Waals surface area (Å²) >= 11 is 7.23. The van der Waals surface area contributed by atoms with E-state index in [9.17, 15) is 0 Å². The first-order valence-corrected chi connectivity index (χ1v) is 8.33. The van der Waals surface area contributed by atoms with Gasteiger partial charge in [0, 0.05) is 16.0 Å². The largest absolute Gasteiger partial charge is 0.420 e. The summed E-state index contributed by atoms with van der Waals surface area (Å²) < 4.78 is 11.2. The molecule has 0 bridgehead atoms. The van der Waals surface area contributed by atoms with Gasteiger partial charge in [-0.3, -0.25) is 0 Å². The van der Waals surface area contributed by atoms with Crippen molar-refractivity contribution >= 4 is 23.4 Å². The van der Waals surface area contributed by atoms with E-state index in [4.69, 9.17) is 20.4 Å². The number of benzene rings is 1. The number of hydrogen-bond donors (Lipinski definition) is 0. The van der Waals surface area contributed by atoms with Gasteiger partial charge in [0.1, 0.15) is 0 Å². The Balaban J connectivity index is 1.65. The molecule has 1 aromatic carbocycles. The predicted octanol–water partition coefficient (Wildman–Crippen LogP) is 4.36. The highest BCUT2D eigenvalue weighted by Gasteiger charge is 2.21. The summed E-state index contributed by atoms with van der Waals surface area (Å²) in [4.78, 5) is 0. The summed E-state index contributed by atoms with van der Waals surface area (Å²) in [7, 11) is 0. The zero-order valence-electron chi connectivity index (χ0n) is 12.9. The minimum Gasteiger partial charge on any atom is -0.420 e. The fourth-order valence-corrected chi connectivity index (χ4v) is 2.44. The molecule has 3 rings (SSSR count). The second kappa shape index (κ2) is 6.33. The molecule has 0 spiro atoms. The number of rotatable bonds is 4. The lowest BCUT2D eigenvalue weighted by Gasteiger charge is -2.10. The Morgan fingerprint density at radius 2 is 1.74 bits per heavy atom. The van der Waals surface area contributed by atoms with E-state index >= 15 is 0 Å². The van der Waals surface area contributed by atoms with Gasteiger partial charge < -0.3 is 8.83 Å². The Morgan fingerprint density at radius 1 is 1.00 bits per heavy atom. The van der Waals surface area contributed by atoms with Crippen LogP contribution in [0.3, 0.4) is 0 Å². The lowest BCUT2D eigenvalue weighted by Crippen LogP contribution is -2.11. The van der Waals surface area contributed by atoms with Crippen molar-refractivity contribution < 1.29 is 8.83 Å². The van der Waals surface area contributed by atoms with Crippen LogP contribution in [-0.4, -0.2) is 20.4 Å². The van der Waals surface area contributed by atoms with Gasteiger partial charge in [0.25, 0.3) is 5.22 Å². The van der Waals surface area contributed by atoms with Gasteiger partial charge in [-0.2, -0.15) is 0 Å². The minimum atomic E-state index is -0.169. The fraction of sp³-hybridized carbons (Fsp3) is 0.333. The molecule has 0 saturated carbocycles. The Bertz CT molecular complexity index is 792. The van der Waals surface area contributed by atoms with E-state index in [0.717, 1.165) is 5.56 Å². The van der Waals surface area contributed by atoms with E-state index in [1.54, 1.807) is 12.1 Å². The molecule has 0 aliphatic carbocycles. The molecule has 2 aromatic heterocycles. The Hall–Kier alpha value is -1.86. The molecule has 0 unspecified atom stereocenters. The third kappa shape index (κ3) is 3.92. The van der Waals surface area contributed by atoms with Gasteiger partial charge in [-0.05, 0) is 24.3 Å². The molecule has 0 fully saturated rings. The van der Waals surface area contributed by atoms with Crippen molar-refractivity contribution in [2.75, 3.05) is 0 Å². The Morgan fingerprint density at radius 3 is 2.39 bits per heavy atom. The molecule has 8 heteroatoms. The fourth-order valence-electron chi connectivity index (χ4n) is 1.72. The molecule has 0 amide bonds. The highest BCUT2D eigenvalue weighted by molar-refractivity contribution is 7.98. The number of thioether (sulfide) groups is 1. The summed E-state index contributed by atoms with van der Waals surface area (Å²) in [5.74, 6) is 2.02. The van der Waals surface area contributed by atoms with Crippen molar-refractivity contribution in [2.24, 2.45) is 0 Å². The van der Waals surface area contributed by atoms with Gasteiger partial charge in [-0.1, -0.05) is 44.1 Å². The zero-order valence-corrected chi connectivity index (χ0v) is 14.5. The molecule has 0 saturated heterocycles. The average molecular weight is 351 g/mol. The van der Waals surface area contributed by atoms with Gasteiger partial charge in [0.2, 0.25) is 17.7 Å². The van der Waals surface area contributed by atoms with Gasteiger partial charge in [-0.25, -0.2) is 0 Å². The molecule has 120 valence electrons. The molecule has 23 heavy (non-hydrogen) atoms. The maximum Gasteiger partial charge on any atom is 0.277 e. The molecular formula is C15H15ClN4O2S. The Labute approximate surface area is 142 Å². The summed E-state index contributed by atoms with van der Waals surface area (Å²) in [5, 5.41) is 17.3. The Kier molecular flexibility index (Phi) is 4.41. The SMILES string of the molecule is CC(C)(C)c1nnc(SCc2nnc(-c3ccc(Cl)cc3)o2)o1. The second-order valence-corrected chi connectivity index (χ2v) is 7.28. The quantitative estimate of drug-likeness (QED) is 0.646. The van der Waals surface area contributed by atoms with Crippen LogP contribution in [0, 0.1) is 0 Å². The van der Waals surface area contributed by atoms with Crippen LogP contribution < -0.4 is 0 Å². The van der Waals surface area contributed by atoms with Crippen LogP contribution in [-0.2, 0) is 11.2 Å². The molecule has 6 nitrogen and oxygen atoms in total. The number of nitrogens with zero attached hydrogens (tertiary/aromatic N) is 4. The molecule has 3 aromatic rings. The summed E-state index contributed by atoms with van der Waals surface area (Å²) in [6.07, 6.45) is 0. The molecule has 0 atom stereocenters. The van der Waals surface area contributed by atoms with Crippen LogP contribution in [0.4, 0.5) is 0 Å². The van der Waals surface area contributed by atoms with Crippen LogP contribution in [0.2, 0.25) is 5.02 Å². The molecule has 0 N–H and O–H groups in total. The zero-order chi connectivity index (χ0) is 16.4. The van der Waals surface area contributed by atoms with Crippen LogP contribution in [0.25, 0.3) is 11.5 Å². The van der Waals surface area contributed by atoms with Crippen LogP contribution in [0.15, 0.2) is 38.3 Å². The summed E-state index contributed by atoms with van der Waals surface area (Å²) in [5.41, 5.74) is 0.656. The van der Waals surface area contributed by atoms with Crippen molar-refractivity contribution in [3.63, 3.8) is 0 Å². The topological polar surface area (TPSA) is 77.8 Å². The van der Waals surface area contributed by atoms with E-state index in [2.05, 4.69) is 20.4 Å². The van der Waals surface area contributed by atoms with Gasteiger partial charge in [-0.15, -0.1) is 20.4 Å². The summed E-state index contributed by atoms with van der Waals surface area (Å²) in [6.45, 7) is 6.06. The van der Waals surface area contributed by atoms with Gasteiger partial charge in [0.05, 0.1) is 5.75 Å². The highest BCUT2D eigenvalue weighted by Crippen LogP contribution is 2.27. The van der Waals surface area contributed by atoms with E-state index in [0.29, 0.717) is 33.7 Å². The van der Waals surface area contributed by atoms with Crippen molar-refractivity contribution in [1.29, 1.82) is 0 Å². The smallest absolute Gasteiger partial charge is 0.277 e. The van der Waals surface area contributed by atoms with E-state index < -0.39 is 0 Å². The van der Waals surface area contributed by atoms with Crippen LogP contribution in [0.5, 0.6) is 0 Å². The summed E-state index contributed by atoms with van der Waals surface area (Å²) in [6, 6.07) is 7.23. The van der Waals surface area contributed by atoms with Crippen molar-refractivity contribution in [2.45, 2.75) is 37.2 Å². The minimum absolute atomic E-state index is 0.169. The highest BCUT2D eigenvalue weighted by atomic mass is 35.5. The van der Waals surface area contributed by atoms with Crippen LogP contribution in [0.1, 0.15) is 32.6 Å². The third-order valence-electron chi connectivity index (χ3n) is 2.93. The molecular weight excluding hydrogens is 336 g/mol. The maximum atomic E-state index is 5.86. The van der Waals surface area contributed by atoms with E-state index in [1.807, 2.05) is 32.9 Å². The monoisotopic (exact) mass is 350 g/mol. The second-order valence-electron chi connectivity index (χ2n) is 5.92. The maximum absolute atomic E-state index is 5.86. The molecule has 0 aliphatic heterocycles. The first-order valence-electron chi connectivity index (χ1n) is 6.97. The number of halogens is 1. The first kappa shape index (κ1) is 16.0. The van der Waals surface area contributed by atoms with Gasteiger partial charge >= 0.3 is 0 Å². The van der Waals surface area contributed by atoms with E-state index in [1.165, 1.54) is 11.8 Å². The van der Waals surface area contributed by atoms with Gasteiger partial charge in [0.15, 0.2) is 0 Å². The van der Waals surface area contributed by atoms with Crippen molar-refractivity contribution in [3.8, 4) is 11.5 Å². The van der Waals surface area contributed by atoms with E-state index in [-0.39, 0.29) is 5.41 Å². The van der Waals surface area contributed by atoms with Crippen molar-refractivity contribution in [1.82, 2.24) is 20.4 Å². The number of hydrogen-bond acceptors (Lipinski definition) is 7. The molecule has 2 heterocycles. The number of aromatic nitrogens is 4. The van der Waals surface area contributed by atoms with Crippen molar-refractivity contribution in [3.05, 3.63) is 41.1 Å². The normalized spacial score (nSPS) is 11.8.